The molecule has 6 heteroatoms. The van der Waals surface area contributed by atoms with Crippen molar-refractivity contribution in [3.8, 4) is 39.9 Å². The fraction of sp³-hybridized carbons (Fsp3) is 0.179. The summed E-state index contributed by atoms with van der Waals surface area (Å²) in [6.45, 7) is 10.8. The van der Waals surface area contributed by atoms with Gasteiger partial charge in [-0.3, -0.25) is 4.57 Å². The topological polar surface area (TPSA) is 54.1 Å². The lowest BCUT2D eigenvalue weighted by molar-refractivity contribution is 0.415. The average molecular weight is 593 g/mol. The molecule has 0 atom stereocenters. The molecule has 0 fully saturated rings. The molecular formula is C39H36N4O2. The Morgan fingerprint density at radius 1 is 0.689 bits per heavy atom. The van der Waals surface area contributed by atoms with Gasteiger partial charge in [0, 0.05) is 40.4 Å². The van der Waals surface area contributed by atoms with Crippen molar-refractivity contribution in [3.63, 3.8) is 0 Å². The number of benzene rings is 4. The summed E-state index contributed by atoms with van der Waals surface area (Å²) in [5.74, 6) is 3.15. The molecule has 45 heavy (non-hydrogen) atoms. The Labute approximate surface area is 263 Å². The Kier molecular flexibility index (Phi) is 6.93. The van der Waals surface area contributed by atoms with E-state index in [0.29, 0.717) is 0 Å². The number of rotatable bonds is 6. The van der Waals surface area contributed by atoms with Crippen molar-refractivity contribution in [2.45, 2.75) is 40.0 Å². The lowest BCUT2D eigenvalue weighted by Crippen LogP contribution is -2.12. The van der Waals surface area contributed by atoms with E-state index in [4.69, 9.17) is 19.6 Å². The molecule has 224 valence electrons. The Bertz CT molecular complexity index is 2190. The van der Waals surface area contributed by atoms with Gasteiger partial charge in [0.1, 0.15) is 23.1 Å². The summed E-state index contributed by atoms with van der Waals surface area (Å²) >= 11 is 0. The first-order valence-corrected chi connectivity index (χ1v) is 15.2. The van der Waals surface area contributed by atoms with Crippen LogP contribution in [0.1, 0.15) is 37.7 Å². The van der Waals surface area contributed by atoms with Crippen LogP contribution in [0.25, 0.3) is 44.4 Å². The Hall–Kier alpha value is -5.36. The van der Waals surface area contributed by atoms with Gasteiger partial charge in [0.05, 0.1) is 29.5 Å². The summed E-state index contributed by atoms with van der Waals surface area (Å²) in [5, 5.41) is 7.09. The number of ether oxygens (including phenoxy) is 2. The van der Waals surface area contributed by atoms with Crippen LogP contribution in [0.5, 0.6) is 17.2 Å². The molecule has 0 unspecified atom stereocenters. The van der Waals surface area contributed by atoms with Gasteiger partial charge in [0.2, 0.25) is 0 Å². The van der Waals surface area contributed by atoms with Gasteiger partial charge in [0.15, 0.2) is 0 Å². The zero-order chi connectivity index (χ0) is 31.3. The second-order valence-electron chi connectivity index (χ2n) is 12.5. The molecule has 0 radical (unpaired) electrons. The highest BCUT2D eigenvalue weighted by Gasteiger charge is 2.19. The number of pyridine rings is 1. The Balaban J connectivity index is 1.31. The average Bonchev–Trinajstić information content (AvgIpc) is 3.53. The molecule has 0 amide bonds. The Morgan fingerprint density at radius 2 is 1.47 bits per heavy atom. The molecule has 0 N–H and O–H groups in total. The standard InChI is InChI=1S/C39H36N4O2/c1-25-38(27-11-8-7-9-12-27)26(2)43(41-25)29-13-10-14-31(22-29)45-32-15-17-33-34-23-30(44-6)16-18-35(34)42(36(33)24-32)37-21-28(19-20-40-37)39(3,4)5/h7-24H,1-6H3. The van der Waals surface area contributed by atoms with Crippen molar-refractivity contribution in [3.05, 3.63) is 126 Å². The summed E-state index contributed by atoms with van der Waals surface area (Å²) in [6, 6.07) is 35.2. The van der Waals surface area contributed by atoms with Crippen molar-refractivity contribution in [1.82, 2.24) is 19.3 Å². The van der Waals surface area contributed by atoms with E-state index in [1.807, 2.05) is 47.3 Å². The summed E-state index contributed by atoms with van der Waals surface area (Å²) in [5.41, 5.74) is 8.62. The number of aromatic nitrogens is 4. The first kappa shape index (κ1) is 28.4. The lowest BCUT2D eigenvalue weighted by atomic mass is 9.88. The predicted octanol–water partition coefficient (Wildman–Crippen LogP) is 9.75. The van der Waals surface area contributed by atoms with E-state index in [1.165, 1.54) is 5.56 Å². The van der Waals surface area contributed by atoms with Crippen molar-refractivity contribution in [1.29, 1.82) is 0 Å². The first-order valence-electron chi connectivity index (χ1n) is 15.2. The van der Waals surface area contributed by atoms with Crippen LogP contribution in [-0.2, 0) is 5.41 Å². The third-order valence-electron chi connectivity index (χ3n) is 8.44. The van der Waals surface area contributed by atoms with E-state index in [0.717, 1.165) is 73.1 Å². The number of hydrogen-bond acceptors (Lipinski definition) is 4. The highest BCUT2D eigenvalue weighted by molar-refractivity contribution is 6.10. The summed E-state index contributed by atoms with van der Waals surface area (Å²) in [6.07, 6.45) is 1.89. The maximum absolute atomic E-state index is 6.52. The molecular weight excluding hydrogens is 556 g/mol. The third-order valence-corrected chi connectivity index (χ3v) is 8.44. The first-order chi connectivity index (χ1) is 21.7. The second-order valence-corrected chi connectivity index (χ2v) is 12.5. The van der Waals surface area contributed by atoms with Crippen LogP contribution in [0.4, 0.5) is 0 Å². The van der Waals surface area contributed by atoms with E-state index in [1.54, 1.807) is 7.11 Å². The number of aryl methyl sites for hydroxylation is 1. The van der Waals surface area contributed by atoms with E-state index < -0.39 is 0 Å². The normalized spacial score (nSPS) is 11.8. The van der Waals surface area contributed by atoms with E-state index in [2.05, 4.69) is 106 Å². The molecule has 0 bridgehead atoms. The molecule has 0 aliphatic rings. The predicted molar refractivity (Wildman–Crippen MR) is 182 cm³/mol. The van der Waals surface area contributed by atoms with Gasteiger partial charge >= 0.3 is 0 Å². The van der Waals surface area contributed by atoms with Gasteiger partial charge in [-0.15, -0.1) is 0 Å². The highest BCUT2D eigenvalue weighted by Crippen LogP contribution is 2.38. The smallest absolute Gasteiger partial charge is 0.137 e. The maximum Gasteiger partial charge on any atom is 0.137 e. The van der Waals surface area contributed by atoms with Gasteiger partial charge < -0.3 is 9.47 Å². The lowest BCUT2D eigenvalue weighted by Gasteiger charge is -2.20. The van der Waals surface area contributed by atoms with Crippen molar-refractivity contribution in [2.24, 2.45) is 0 Å². The zero-order valence-corrected chi connectivity index (χ0v) is 26.5. The van der Waals surface area contributed by atoms with Crippen LogP contribution >= 0.6 is 0 Å². The molecule has 7 rings (SSSR count). The number of nitrogens with zero attached hydrogens (tertiary/aromatic N) is 4. The van der Waals surface area contributed by atoms with E-state index in [-0.39, 0.29) is 5.41 Å². The number of fused-ring (bicyclic) bond motifs is 3. The third kappa shape index (κ3) is 5.12. The second kappa shape index (κ2) is 11.0. The molecule has 3 heterocycles. The molecule has 3 aromatic heterocycles. The van der Waals surface area contributed by atoms with Crippen LogP contribution in [0.3, 0.4) is 0 Å². The SMILES string of the molecule is COc1ccc2c(c1)c1ccc(Oc3cccc(-n4nc(C)c(-c5ccccc5)c4C)c3)cc1n2-c1cc(C(C)(C)C)ccn1. The quantitative estimate of drug-likeness (QED) is 0.193. The fourth-order valence-electron chi connectivity index (χ4n) is 6.16. The molecule has 6 nitrogen and oxygen atoms in total. The van der Waals surface area contributed by atoms with Crippen LogP contribution in [0, 0.1) is 13.8 Å². The monoisotopic (exact) mass is 592 g/mol. The number of hydrogen-bond donors (Lipinski definition) is 0. The van der Waals surface area contributed by atoms with E-state index in [9.17, 15) is 0 Å². The minimum Gasteiger partial charge on any atom is -0.497 e. The van der Waals surface area contributed by atoms with Gasteiger partial charge in [0.25, 0.3) is 0 Å². The van der Waals surface area contributed by atoms with Crippen LogP contribution in [0.15, 0.2) is 109 Å². The minimum atomic E-state index is -0.00765. The Morgan fingerprint density at radius 3 is 2.24 bits per heavy atom. The molecule has 0 aliphatic heterocycles. The fourth-order valence-corrected chi connectivity index (χ4v) is 6.16. The number of methoxy groups -OCH3 is 1. The minimum absolute atomic E-state index is 0.00765. The highest BCUT2D eigenvalue weighted by atomic mass is 16.5. The summed E-state index contributed by atoms with van der Waals surface area (Å²) < 4.78 is 16.3. The molecule has 7 aromatic rings. The van der Waals surface area contributed by atoms with Gasteiger partial charge in [-0.25, -0.2) is 9.67 Å². The zero-order valence-electron chi connectivity index (χ0n) is 26.5. The molecule has 0 spiro atoms. The van der Waals surface area contributed by atoms with Crippen molar-refractivity contribution >= 4 is 21.8 Å². The largest absolute Gasteiger partial charge is 0.497 e. The maximum atomic E-state index is 6.52. The molecule has 0 aliphatic carbocycles. The van der Waals surface area contributed by atoms with Crippen LogP contribution in [-0.4, -0.2) is 26.4 Å². The summed E-state index contributed by atoms with van der Waals surface area (Å²) in [4.78, 5) is 4.82. The molecule has 0 saturated heterocycles. The van der Waals surface area contributed by atoms with Crippen LogP contribution in [0.2, 0.25) is 0 Å². The van der Waals surface area contributed by atoms with Gasteiger partial charge in [-0.05, 0) is 85.0 Å². The van der Waals surface area contributed by atoms with Gasteiger partial charge in [-0.2, -0.15) is 5.10 Å². The molecule has 4 aromatic carbocycles. The molecule has 0 saturated carbocycles. The van der Waals surface area contributed by atoms with Crippen molar-refractivity contribution < 1.29 is 9.47 Å². The van der Waals surface area contributed by atoms with E-state index >= 15 is 0 Å². The van der Waals surface area contributed by atoms with Crippen LogP contribution < -0.4 is 9.47 Å². The van der Waals surface area contributed by atoms with Gasteiger partial charge in [-0.1, -0.05) is 57.2 Å². The van der Waals surface area contributed by atoms with Crippen molar-refractivity contribution in [2.75, 3.05) is 7.11 Å². The summed E-state index contributed by atoms with van der Waals surface area (Å²) in [7, 11) is 1.70.